The molecule has 0 aliphatic rings. The van der Waals surface area contributed by atoms with Crippen LogP contribution in [0.5, 0.6) is 0 Å². The lowest BCUT2D eigenvalue weighted by atomic mass is 10.2. The highest BCUT2D eigenvalue weighted by Crippen LogP contribution is 2.10. The fourth-order valence-corrected chi connectivity index (χ4v) is 1.63. The summed E-state index contributed by atoms with van der Waals surface area (Å²) in [6.45, 7) is 4.58. The number of pyridine rings is 1. The van der Waals surface area contributed by atoms with Crippen LogP contribution in [0.25, 0.3) is 0 Å². The third kappa shape index (κ3) is 2.83. The molecule has 0 saturated heterocycles. The molecule has 0 aromatic carbocycles. The Kier molecular flexibility index (Phi) is 3.53. The zero-order chi connectivity index (χ0) is 13.0. The lowest BCUT2D eigenvalue weighted by molar-refractivity contribution is 0.558. The molecule has 6 heteroatoms. The minimum atomic E-state index is 0.147. The molecular weight excluding hydrogens is 228 g/mol. The molecule has 2 aromatic heterocycles. The van der Waals surface area contributed by atoms with Crippen molar-refractivity contribution in [1.29, 1.82) is 5.26 Å². The van der Waals surface area contributed by atoms with Crippen LogP contribution in [0.15, 0.2) is 24.8 Å². The zero-order valence-electron chi connectivity index (χ0n) is 10.3. The van der Waals surface area contributed by atoms with Crippen molar-refractivity contribution in [3.63, 3.8) is 0 Å². The number of anilines is 1. The van der Waals surface area contributed by atoms with Crippen LogP contribution in [0.2, 0.25) is 0 Å². The van der Waals surface area contributed by atoms with Crippen molar-refractivity contribution in [2.45, 2.75) is 26.4 Å². The topological polar surface area (TPSA) is 79.4 Å². The summed E-state index contributed by atoms with van der Waals surface area (Å²) in [5.74, 6) is 0.699. The van der Waals surface area contributed by atoms with E-state index in [9.17, 15) is 0 Å². The monoisotopic (exact) mass is 242 g/mol. The lowest BCUT2D eigenvalue weighted by Crippen LogP contribution is -2.23. The van der Waals surface area contributed by atoms with Gasteiger partial charge in [-0.1, -0.05) is 6.07 Å². The Labute approximate surface area is 105 Å². The van der Waals surface area contributed by atoms with Crippen molar-refractivity contribution in [3.8, 4) is 6.07 Å². The van der Waals surface area contributed by atoms with Gasteiger partial charge >= 0.3 is 0 Å². The molecule has 1 unspecified atom stereocenters. The molecule has 18 heavy (non-hydrogen) atoms. The largest absolute Gasteiger partial charge is 0.366 e. The second-order valence-corrected chi connectivity index (χ2v) is 4.14. The Morgan fingerprint density at radius 3 is 3.00 bits per heavy atom. The molecule has 0 bridgehead atoms. The van der Waals surface area contributed by atoms with E-state index in [1.54, 1.807) is 11.0 Å². The van der Waals surface area contributed by atoms with Gasteiger partial charge in [-0.15, -0.1) is 0 Å². The highest BCUT2D eigenvalue weighted by Gasteiger charge is 2.06. The average Bonchev–Trinajstić information content (AvgIpc) is 2.84. The second kappa shape index (κ2) is 5.27. The Morgan fingerprint density at radius 1 is 1.50 bits per heavy atom. The van der Waals surface area contributed by atoms with E-state index in [0.717, 1.165) is 5.56 Å². The van der Waals surface area contributed by atoms with E-state index >= 15 is 0 Å². The van der Waals surface area contributed by atoms with Gasteiger partial charge in [0.2, 0.25) is 0 Å². The highest BCUT2D eigenvalue weighted by molar-refractivity contribution is 5.42. The van der Waals surface area contributed by atoms with Crippen LogP contribution in [0, 0.1) is 18.3 Å². The van der Waals surface area contributed by atoms with Crippen LogP contribution in [0.4, 0.5) is 5.82 Å². The van der Waals surface area contributed by atoms with Crippen LogP contribution in [-0.4, -0.2) is 25.8 Å². The van der Waals surface area contributed by atoms with Crippen molar-refractivity contribution >= 4 is 5.82 Å². The third-order valence-corrected chi connectivity index (χ3v) is 2.52. The first-order chi connectivity index (χ1) is 8.69. The number of aromatic nitrogens is 4. The van der Waals surface area contributed by atoms with Crippen LogP contribution in [0.1, 0.15) is 18.2 Å². The van der Waals surface area contributed by atoms with Crippen LogP contribution < -0.4 is 5.32 Å². The maximum absolute atomic E-state index is 8.92. The summed E-state index contributed by atoms with van der Waals surface area (Å²) >= 11 is 0. The van der Waals surface area contributed by atoms with E-state index in [0.29, 0.717) is 18.1 Å². The SMILES string of the molecule is Cc1ccc(NC(C)Cn2cncn2)nc1C#N. The highest BCUT2D eigenvalue weighted by atomic mass is 15.3. The number of aryl methyl sites for hydroxylation is 1. The number of nitriles is 1. The second-order valence-electron chi connectivity index (χ2n) is 4.14. The minimum Gasteiger partial charge on any atom is -0.366 e. The molecule has 0 saturated carbocycles. The maximum Gasteiger partial charge on any atom is 0.145 e. The fraction of sp³-hybridized carbons (Fsp3) is 0.333. The predicted molar refractivity (Wildman–Crippen MR) is 66.8 cm³/mol. The van der Waals surface area contributed by atoms with E-state index in [2.05, 4.69) is 26.5 Å². The third-order valence-electron chi connectivity index (χ3n) is 2.52. The number of nitrogens with zero attached hydrogens (tertiary/aromatic N) is 5. The average molecular weight is 242 g/mol. The molecule has 0 spiro atoms. The maximum atomic E-state index is 8.92. The smallest absolute Gasteiger partial charge is 0.145 e. The van der Waals surface area contributed by atoms with Gasteiger partial charge in [-0.05, 0) is 25.5 Å². The summed E-state index contributed by atoms with van der Waals surface area (Å²) in [5, 5.41) is 16.2. The molecule has 0 aliphatic carbocycles. The van der Waals surface area contributed by atoms with E-state index < -0.39 is 0 Å². The minimum absolute atomic E-state index is 0.147. The van der Waals surface area contributed by atoms with E-state index in [1.165, 1.54) is 6.33 Å². The number of hydrogen-bond acceptors (Lipinski definition) is 5. The van der Waals surface area contributed by atoms with Crippen molar-refractivity contribution in [3.05, 3.63) is 36.0 Å². The van der Waals surface area contributed by atoms with Crippen molar-refractivity contribution in [2.24, 2.45) is 0 Å². The first-order valence-corrected chi connectivity index (χ1v) is 5.65. The molecule has 0 aliphatic heterocycles. The van der Waals surface area contributed by atoms with E-state index in [1.807, 2.05) is 26.0 Å². The van der Waals surface area contributed by atoms with Gasteiger partial charge in [0.1, 0.15) is 30.2 Å². The predicted octanol–water partition coefficient (Wildman–Crippen LogP) is 1.35. The van der Waals surface area contributed by atoms with Crippen molar-refractivity contribution in [2.75, 3.05) is 5.32 Å². The van der Waals surface area contributed by atoms with Crippen LogP contribution in [0.3, 0.4) is 0 Å². The number of rotatable bonds is 4. The molecule has 2 rings (SSSR count). The zero-order valence-corrected chi connectivity index (χ0v) is 10.3. The van der Waals surface area contributed by atoms with Gasteiger partial charge in [0.05, 0.1) is 6.54 Å². The lowest BCUT2D eigenvalue weighted by Gasteiger charge is -2.14. The molecule has 0 fully saturated rings. The summed E-state index contributed by atoms with van der Waals surface area (Å²) < 4.78 is 1.75. The van der Waals surface area contributed by atoms with Crippen LogP contribution >= 0.6 is 0 Å². The molecular formula is C12H14N6. The summed E-state index contributed by atoms with van der Waals surface area (Å²) in [6, 6.07) is 5.98. The molecule has 1 N–H and O–H groups in total. The Hall–Kier alpha value is -2.42. The molecule has 92 valence electrons. The van der Waals surface area contributed by atoms with Gasteiger partial charge in [-0.3, -0.25) is 4.68 Å². The van der Waals surface area contributed by atoms with Gasteiger partial charge in [-0.25, -0.2) is 9.97 Å². The van der Waals surface area contributed by atoms with Gasteiger partial charge in [-0.2, -0.15) is 10.4 Å². The molecule has 1 atom stereocenters. The van der Waals surface area contributed by atoms with Crippen LogP contribution in [-0.2, 0) is 6.54 Å². The molecule has 0 amide bonds. The standard InChI is InChI=1S/C12H14N6/c1-9-3-4-12(17-11(9)5-13)16-10(2)6-18-8-14-7-15-18/h3-4,7-8,10H,6H2,1-2H3,(H,16,17). The fourth-order valence-electron chi connectivity index (χ4n) is 1.63. The quantitative estimate of drug-likeness (QED) is 0.875. The van der Waals surface area contributed by atoms with Crippen molar-refractivity contribution in [1.82, 2.24) is 19.7 Å². The van der Waals surface area contributed by atoms with Gasteiger partial charge < -0.3 is 5.32 Å². The van der Waals surface area contributed by atoms with Gasteiger partial charge in [0, 0.05) is 6.04 Å². The normalized spacial score (nSPS) is 11.8. The Morgan fingerprint density at radius 2 is 2.33 bits per heavy atom. The first-order valence-electron chi connectivity index (χ1n) is 5.65. The van der Waals surface area contributed by atoms with Gasteiger partial charge in [0.15, 0.2) is 0 Å². The Bertz CT molecular complexity index is 554. The summed E-state index contributed by atoms with van der Waals surface area (Å²) in [4.78, 5) is 8.13. The molecule has 2 aromatic rings. The summed E-state index contributed by atoms with van der Waals surface area (Å²) in [5.41, 5.74) is 1.33. The summed E-state index contributed by atoms with van der Waals surface area (Å²) in [6.07, 6.45) is 3.17. The molecule has 0 radical (unpaired) electrons. The molecule has 6 nitrogen and oxygen atoms in total. The Balaban J connectivity index is 2.03. The number of hydrogen-bond donors (Lipinski definition) is 1. The van der Waals surface area contributed by atoms with E-state index in [4.69, 9.17) is 5.26 Å². The first kappa shape index (κ1) is 12.0. The van der Waals surface area contributed by atoms with Crippen molar-refractivity contribution < 1.29 is 0 Å². The summed E-state index contributed by atoms with van der Waals surface area (Å²) in [7, 11) is 0. The molecule has 2 heterocycles. The number of nitrogens with one attached hydrogen (secondary N) is 1. The van der Waals surface area contributed by atoms with Gasteiger partial charge in [0.25, 0.3) is 0 Å². The van der Waals surface area contributed by atoms with E-state index in [-0.39, 0.29) is 6.04 Å².